The highest BCUT2D eigenvalue weighted by Gasteiger charge is 2.31. The molecule has 9 heteroatoms. The molecule has 120 valence electrons. The van der Waals surface area contributed by atoms with E-state index < -0.39 is 10.0 Å². The third kappa shape index (κ3) is 2.54. The molecule has 0 aromatic carbocycles. The molecule has 0 fully saturated rings. The molecule has 1 aliphatic heterocycles. The van der Waals surface area contributed by atoms with Crippen molar-refractivity contribution in [2.45, 2.75) is 57.5 Å². The fourth-order valence-electron chi connectivity index (χ4n) is 2.77. The number of hydrogen-bond donors (Lipinski definition) is 1. The standard InChI is InChI=1S/C13H19N5O3S/c1-4-11-14-13-10(6-5-7-18(13)15-11)17-22(19,20)12-8(2)16-21-9(12)3/h10,17H,4-7H2,1-3H3/t10-/m0/s1. The average Bonchev–Trinajstić information content (AvgIpc) is 3.02. The number of sulfonamides is 1. The van der Waals surface area contributed by atoms with E-state index in [9.17, 15) is 8.42 Å². The third-order valence-corrected chi connectivity index (χ3v) is 5.48. The van der Waals surface area contributed by atoms with Gasteiger partial charge in [0.1, 0.15) is 16.4 Å². The lowest BCUT2D eigenvalue weighted by atomic mass is 10.1. The molecule has 1 atom stereocenters. The van der Waals surface area contributed by atoms with E-state index in [0.717, 1.165) is 25.2 Å². The second-order valence-electron chi connectivity index (χ2n) is 5.43. The molecule has 2 aromatic heterocycles. The first-order chi connectivity index (χ1) is 10.4. The number of hydrogen-bond acceptors (Lipinski definition) is 6. The van der Waals surface area contributed by atoms with Crippen LogP contribution >= 0.6 is 0 Å². The molecule has 0 saturated heterocycles. The number of aromatic nitrogens is 4. The second-order valence-corrected chi connectivity index (χ2v) is 7.08. The van der Waals surface area contributed by atoms with Gasteiger partial charge in [-0.15, -0.1) is 0 Å². The summed E-state index contributed by atoms with van der Waals surface area (Å²) in [5, 5.41) is 8.10. The minimum Gasteiger partial charge on any atom is -0.360 e. The third-order valence-electron chi connectivity index (χ3n) is 3.77. The molecule has 0 amide bonds. The lowest BCUT2D eigenvalue weighted by Crippen LogP contribution is -2.33. The molecule has 2 aromatic rings. The van der Waals surface area contributed by atoms with E-state index in [4.69, 9.17) is 4.52 Å². The molecule has 3 heterocycles. The Morgan fingerprint density at radius 3 is 2.82 bits per heavy atom. The molecule has 3 rings (SSSR count). The van der Waals surface area contributed by atoms with Gasteiger partial charge >= 0.3 is 0 Å². The smallest absolute Gasteiger partial charge is 0.246 e. The highest BCUT2D eigenvalue weighted by atomic mass is 32.2. The Bertz CT molecular complexity index is 773. The van der Waals surface area contributed by atoms with Crippen molar-refractivity contribution >= 4 is 10.0 Å². The van der Waals surface area contributed by atoms with Crippen molar-refractivity contribution in [3.63, 3.8) is 0 Å². The van der Waals surface area contributed by atoms with Crippen LogP contribution in [-0.2, 0) is 23.0 Å². The van der Waals surface area contributed by atoms with E-state index in [1.54, 1.807) is 18.5 Å². The lowest BCUT2D eigenvalue weighted by Gasteiger charge is -2.22. The van der Waals surface area contributed by atoms with Crippen LogP contribution < -0.4 is 4.72 Å². The highest BCUT2D eigenvalue weighted by molar-refractivity contribution is 7.89. The molecule has 1 aliphatic rings. The van der Waals surface area contributed by atoms with E-state index in [2.05, 4.69) is 20.0 Å². The van der Waals surface area contributed by atoms with Gasteiger partial charge in [0.2, 0.25) is 10.0 Å². The zero-order valence-corrected chi connectivity index (χ0v) is 13.6. The summed E-state index contributed by atoms with van der Waals surface area (Å²) in [6.07, 6.45) is 2.28. The van der Waals surface area contributed by atoms with E-state index in [1.807, 2.05) is 6.92 Å². The maximum atomic E-state index is 12.6. The number of fused-ring (bicyclic) bond motifs is 1. The second kappa shape index (κ2) is 5.47. The van der Waals surface area contributed by atoms with Gasteiger partial charge in [0, 0.05) is 13.0 Å². The minimum absolute atomic E-state index is 0.111. The summed E-state index contributed by atoms with van der Waals surface area (Å²) in [5.41, 5.74) is 0.358. The van der Waals surface area contributed by atoms with Crippen LogP contribution in [0.15, 0.2) is 9.42 Å². The average molecular weight is 325 g/mol. The predicted octanol–water partition coefficient (Wildman–Crippen LogP) is 1.26. The number of nitrogens with one attached hydrogen (secondary N) is 1. The van der Waals surface area contributed by atoms with Gasteiger partial charge in [-0.05, 0) is 26.7 Å². The number of aryl methyl sites for hydroxylation is 4. The highest BCUT2D eigenvalue weighted by Crippen LogP contribution is 2.27. The fourth-order valence-corrected chi connectivity index (χ4v) is 4.32. The van der Waals surface area contributed by atoms with Gasteiger partial charge < -0.3 is 4.52 Å². The monoisotopic (exact) mass is 325 g/mol. The van der Waals surface area contributed by atoms with E-state index in [1.165, 1.54) is 0 Å². The van der Waals surface area contributed by atoms with E-state index >= 15 is 0 Å². The molecular formula is C13H19N5O3S. The van der Waals surface area contributed by atoms with Crippen LogP contribution in [0.25, 0.3) is 0 Å². The van der Waals surface area contributed by atoms with Crippen molar-refractivity contribution in [3.8, 4) is 0 Å². The van der Waals surface area contributed by atoms with Crippen LogP contribution in [0.2, 0.25) is 0 Å². The number of nitrogens with zero attached hydrogens (tertiary/aromatic N) is 4. The SMILES string of the molecule is CCc1nc2n(n1)CCC[C@@H]2NS(=O)(=O)c1c(C)noc1C. The van der Waals surface area contributed by atoms with Crippen molar-refractivity contribution in [3.05, 3.63) is 23.1 Å². The molecule has 1 N–H and O–H groups in total. The Hall–Kier alpha value is -1.74. The summed E-state index contributed by atoms with van der Waals surface area (Å²) >= 11 is 0. The van der Waals surface area contributed by atoms with Crippen molar-refractivity contribution in [1.82, 2.24) is 24.6 Å². The van der Waals surface area contributed by atoms with Gasteiger partial charge in [-0.3, -0.25) is 0 Å². The van der Waals surface area contributed by atoms with Crippen LogP contribution in [0.4, 0.5) is 0 Å². The zero-order valence-electron chi connectivity index (χ0n) is 12.8. The molecule has 0 unspecified atom stereocenters. The van der Waals surface area contributed by atoms with Crippen LogP contribution in [0, 0.1) is 13.8 Å². The van der Waals surface area contributed by atoms with Crippen LogP contribution in [-0.4, -0.2) is 28.3 Å². The van der Waals surface area contributed by atoms with Crippen molar-refractivity contribution in [1.29, 1.82) is 0 Å². The van der Waals surface area contributed by atoms with Crippen LogP contribution in [0.5, 0.6) is 0 Å². The topological polar surface area (TPSA) is 103 Å². The first-order valence-electron chi connectivity index (χ1n) is 7.31. The molecular weight excluding hydrogens is 306 g/mol. The summed E-state index contributed by atoms with van der Waals surface area (Å²) < 4.78 is 34.7. The van der Waals surface area contributed by atoms with Gasteiger partial charge in [0.05, 0.1) is 6.04 Å². The number of rotatable bonds is 4. The Kier molecular flexibility index (Phi) is 3.77. The zero-order chi connectivity index (χ0) is 15.9. The first kappa shape index (κ1) is 15.2. The predicted molar refractivity (Wildman–Crippen MR) is 77.7 cm³/mol. The van der Waals surface area contributed by atoms with Crippen LogP contribution in [0.3, 0.4) is 0 Å². The Balaban J connectivity index is 1.93. The van der Waals surface area contributed by atoms with Crippen molar-refractivity contribution in [2.75, 3.05) is 0 Å². The Morgan fingerprint density at radius 1 is 1.41 bits per heavy atom. The molecule has 0 spiro atoms. The normalized spacial score (nSPS) is 18.4. The van der Waals surface area contributed by atoms with E-state index in [0.29, 0.717) is 17.9 Å². The summed E-state index contributed by atoms with van der Waals surface area (Å²) in [6.45, 7) is 5.95. The van der Waals surface area contributed by atoms with Crippen LogP contribution in [0.1, 0.15) is 48.9 Å². The quantitative estimate of drug-likeness (QED) is 0.907. The summed E-state index contributed by atoms with van der Waals surface area (Å²) in [5.74, 6) is 1.70. The molecule has 8 nitrogen and oxygen atoms in total. The summed E-state index contributed by atoms with van der Waals surface area (Å²) in [6, 6.07) is -0.375. The fraction of sp³-hybridized carbons (Fsp3) is 0.615. The van der Waals surface area contributed by atoms with E-state index in [-0.39, 0.29) is 16.7 Å². The molecule has 0 saturated carbocycles. The Morgan fingerprint density at radius 2 is 2.18 bits per heavy atom. The largest absolute Gasteiger partial charge is 0.360 e. The van der Waals surface area contributed by atoms with Gasteiger partial charge in [0.15, 0.2) is 11.6 Å². The van der Waals surface area contributed by atoms with Gasteiger partial charge in [-0.1, -0.05) is 12.1 Å². The summed E-state index contributed by atoms with van der Waals surface area (Å²) in [7, 11) is -3.71. The lowest BCUT2D eigenvalue weighted by molar-refractivity contribution is 0.389. The molecule has 0 bridgehead atoms. The van der Waals surface area contributed by atoms with Crippen molar-refractivity contribution < 1.29 is 12.9 Å². The maximum absolute atomic E-state index is 12.6. The minimum atomic E-state index is -3.71. The van der Waals surface area contributed by atoms with Gasteiger partial charge in [-0.2, -0.15) is 5.10 Å². The maximum Gasteiger partial charge on any atom is 0.246 e. The molecule has 22 heavy (non-hydrogen) atoms. The molecule has 0 radical (unpaired) electrons. The summed E-state index contributed by atoms with van der Waals surface area (Å²) in [4.78, 5) is 4.56. The van der Waals surface area contributed by atoms with Gasteiger partial charge in [0.25, 0.3) is 0 Å². The van der Waals surface area contributed by atoms with Gasteiger partial charge in [-0.25, -0.2) is 22.8 Å². The van der Waals surface area contributed by atoms with Crippen molar-refractivity contribution in [2.24, 2.45) is 0 Å². The molecule has 0 aliphatic carbocycles. The first-order valence-corrected chi connectivity index (χ1v) is 8.79. The Labute approximate surface area is 129 Å².